The molecule has 0 aliphatic carbocycles. The zero-order chi connectivity index (χ0) is 15.6. The van der Waals surface area contributed by atoms with E-state index in [4.69, 9.17) is 6.42 Å². The number of hydrogen-bond donors (Lipinski definition) is 1. The number of carbonyl (C=O) groups is 1. The van der Waals surface area contributed by atoms with Crippen molar-refractivity contribution in [1.29, 1.82) is 0 Å². The standard InChI is InChI=1S/C16H17N5O/c1-3-4-8-16(19-20-16)9-7-14(22)18-13-11-17-15-12(2)6-5-10-21(13)15/h1,5-6,10-11H,4,7-9H2,2H3,(H,18,22). The number of nitrogens with one attached hydrogen (secondary N) is 1. The van der Waals surface area contributed by atoms with Crippen molar-refractivity contribution in [2.24, 2.45) is 10.2 Å². The van der Waals surface area contributed by atoms with Crippen LogP contribution in [0.1, 0.15) is 31.2 Å². The number of terminal acetylenes is 1. The molecule has 2 aromatic rings. The number of pyridine rings is 1. The van der Waals surface area contributed by atoms with Crippen molar-refractivity contribution < 1.29 is 4.79 Å². The molecule has 0 saturated carbocycles. The van der Waals surface area contributed by atoms with E-state index in [9.17, 15) is 4.79 Å². The summed E-state index contributed by atoms with van der Waals surface area (Å²) in [4.78, 5) is 16.4. The van der Waals surface area contributed by atoms with E-state index in [-0.39, 0.29) is 5.91 Å². The minimum absolute atomic E-state index is 0.0688. The Balaban J connectivity index is 1.60. The number of rotatable bonds is 6. The third-order valence-corrected chi connectivity index (χ3v) is 3.80. The first kappa shape index (κ1) is 14.3. The second-order valence-electron chi connectivity index (χ2n) is 5.46. The highest BCUT2D eigenvalue weighted by atomic mass is 16.1. The first-order valence-corrected chi connectivity index (χ1v) is 7.24. The molecule has 2 aromatic heterocycles. The Morgan fingerprint density at radius 1 is 1.45 bits per heavy atom. The number of aromatic nitrogens is 2. The summed E-state index contributed by atoms with van der Waals surface area (Å²) in [6.45, 7) is 1.99. The number of nitrogens with zero attached hydrogens (tertiary/aromatic N) is 4. The van der Waals surface area contributed by atoms with Crippen LogP contribution >= 0.6 is 0 Å². The summed E-state index contributed by atoms with van der Waals surface area (Å²) in [5, 5.41) is 11.0. The summed E-state index contributed by atoms with van der Waals surface area (Å²) >= 11 is 0. The van der Waals surface area contributed by atoms with E-state index in [0.29, 0.717) is 31.5 Å². The average Bonchev–Trinajstić information content (AvgIpc) is 3.18. The average molecular weight is 295 g/mol. The second-order valence-corrected chi connectivity index (χ2v) is 5.46. The van der Waals surface area contributed by atoms with Crippen LogP contribution in [0.3, 0.4) is 0 Å². The van der Waals surface area contributed by atoms with Crippen LogP contribution in [-0.2, 0) is 4.79 Å². The number of hydrogen-bond acceptors (Lipinski definition) is 4. The predicted molar refractivity (Wildman–Crippen MR) is 83.4 cm³/mol. The number of anilines is 1. The van der Waals surface area contributed by atoms with E-state index in [2.05, 4.69) is 26.4 Å². The highest BCUT2D eigenvalue weighted by molar-refractivity contribution is 5.90. The molecular formula is C16H17N5O. The van der Waals surface area contributed by atoms with Gasteiger partial charge in [0.15, 0.2) is 5.66 Å². The maximum atomic E-state index is 12.1. The number of imidazole rings is 1. The van der Waals surface area contributed by atoms with Crippen molar-refractivity contribution >= 4 is 17.4 Å². The molecule has 3 rings (SSSR count). The van der Waals surface area contributed by atoms with Gasteiger partial charge in [0.1, 0.15) is 11.5 Å². The van der Waals surface area contributed by atoms with Crippen LogP contribution in [0.25, 0.3) is 5.65 Å². The van der Waals surface area contributed by atoms with Crippen LogP contribution in [0, 0.1) is 19.3 Å². The molecule has 0 spiro atoms. The van der Waals surface area contributed by atoms with Gasteiger partial charge in [-0.2, -0.15) is 10.2 Å². The molecule has 0 fully saturated rings. The molecule has 22 heavy (non-hydrogen) atoms. The minimum atomic E-state index is -0.417. The van der Waals surface area contributed by atoms with Crippen LogP contribution < -0.4 is 5.32 Å². The van der Waals surface area contributed by atoms with Gasteiger partial charge in [-0.1, -0.05) is 6.07 Å². The van der Waals surface area contributed by atoms with Crippen LogP contribution in [0.2, 0.25) is 0 Å². The first-order chi connectivity index (χ1) is 10.6. The van der Waals surface area contributed by atoms with E-state index in [1.807, 2.05) is 29.7 Å². The van der Waals surface area contributed by atoms with E-state index in [0.717, 1.165) is 11.2 Å². The normalized spacial score (nSPS) is 14.7. The summed E-state index contributed by atoms with van der Waals surface area (Å²) in [5.41, 5.74) is 1.49. The van der Waals surface area contributed by atoms with Gasteiger partial charge in [0.05, 0.1) is 6.20 Å². The summed E-state index contributed by atoms with van der Waals surface area (Å²) < 4.78 is 1.87. The van der Waals surface area contributed by atoms with E-state index in [1.54, 1.807) is 6.20 Å². The molecule has 112 valence electrons. The highest BCUT2D eigenvalue weighted by Gasteiger charge is 2.39. The SMILES string of the molecule is C#CCCC1(CCC(=O)Nc2cnc3c(C)cccn23)N=N1. The molecule has 0 aromatic carbocycles. The predicted octanol–water partition coefficient (Wildman–Crippen LogP) is 2.94. The first-order valence-electron chi connectivity index (χ1n) is 7.24. The molecule has 1 N–H and O–H groups in total. The Kier molecular flexibility index (Phi) is 3.63. The number of fused-ring (bicyclic) bond motifs is 1. The Labute approximate surface area is 128 Å². The monoisotopic (exact) mass is 295 g/mol. The molecule has 3 heterocycles. The molecule has 1 amide bonds. The van der Waals surface area contributed by atoms with Crippen molar-refractivity contribution in [3.05, 3.63) is 30.1 Å². The zero-order valence-corrected chi connectivity index (χ0v) is 12.4. The molecule has 6 heteroatoms. The molecule has 0 radical (unpaired) electrons. The maximum Gasteiger partial charge on any atom is 0.225 e. The summed E-state index contributed by atoms with van der Waals surface area (Å²) in [6.07, 6.45) is 11.1. The van der Waals surface area contributed by atoms with Gasteiger partial charge in [0, 0.05) is 31.9 Å². The molecule has 0 saturated heterocycles. The van der Waals surface area contributed by atoms with Crippen LogP contribution in [0.15, 0.2) is 34.8 Å². The largest absolute Gasteiger partial charge is 0.310 e. The number of amides is 1. The fourth-order valence-corrected chi connectivity index (χ4v) is 2.43. The molecule has 1 aliphatic heterocycles. The summed E-state index contributed by atoms with van der Waals surface area (Å²) in [7, 11) is 0. The zero-order valence-electron chi connectivity index (χ0n) is 12.4. The Morgan fingerprint density at radius 3 is 3.00 bits per heavy atom. The number of aryl methyl sites for hydroxylation is 1. The van der Waals surface area contributed by atoms with Gasteiger partial charge in [-0.05, 0) is 18.6 Å². The van der Waals surface area contributed by atoms with Crippen molar-refractivity contribution in [3.8, 4) is 12.3 Å². The fourth-order valence-electron chi connectivity index (χ4n) is 2.43. The molecule has 0 bridgehead atoms. The summed E-state index contributed by atoms with van der Waals surface area (Å²) in [6, 6.07) is 3.91. The van der Waals surface area contributed by atoms with Gasteiger partial charge in [0.2, 0.25) is 5.91 Å². The van der Waals surface area contributed by atoms with Crippen LogP contribution in [0.5, 0.6) is 0 Å². The van der Waals surface area contributed by atoms with Crippen molar-refractivity contribution in [3.63, 3.8) is 0 Å². The van der Waals surface area contributed by atoms with Gasteiger partial charge in [-0.25, -0.2) is 4.98 Å². The van der Waals surface area contributed by atoms with Gasteiger partial charge >= 0.3 is 0 Å². The van der Waals surface area contributed by atoms with Gasteiger partial charge < -0.3 is 5.32 Å². The molecule has 0 atom stereocenters. The topological polar surface area (TPSA) is 71.1 Å². The lowest BCUT2D eigenvalue weighted by Crippen LogP contribution is -2.18. The quantitative estimate of drug-likeness (QED) is 0.832. The highest BCUT2D eigenvalue weighted by Crippen LogP contribution is 2.37. The lowest BCUT2D eigenvalue weighted by molar-refractivity contribution is -0.116. The third-order valence-electron chi connectivity index (χ3n) is 3.80. The van der Waals surface area contributed by atoms with E-state index >= 15 is 0 Å². The van der Waals surface area contributed by atoms with Crippen molar-refractivity contribution in [2.75, 3.05) is 5.32 Å². The van der Waals surface area contributed by atoms with E-state index < -0.39 is 5.66 Å². The molecule has 1 aliphatic rings. The van der Waals surface area contributed by atoms with Gasteiger partial charge in [0.25, 0.3) is 0 Å². The smallest absolute Gasteiger partial charge is 0.225 e. The van der Waals surface area contributed by atoms with E-state index in [1.165, 1.54) is 0 Å². The van der Waals surface area contributed by atoms with Crippen LogP contribution in [-0.4, -0.2) is 21.0 Å². The Hall–Kier alpha value is -2.68. The second kappa shape index (κ2) is 5.60. The lowest BCUT2D eigenvalue weighted by atomic mass is 10.0. The van der Waals surface area contributed by atoms with Gasteiger partial charge in [-0.3, -0.25) is 9.20 Å². The Morgan fingerprint density at radius 2 is 2.27 bits per heavy atom. The minimum Gasteiger partial charge on any atom is -0.310 e. The molecular weight excluding hydrogens is 278 g/mol. The lowest BCUT2D eigenvalue weighted by Gasteiger charge is -2.09. The summed E-state index contributed by atoms with van der Waals surface area (Å²) in [5.74, 6) is 3.18. The van der Waals surface area contributed by atoms with Crippen molar-refractivity contribution in [2.45, 2.75) is 38.3 Å². The van der Waals surface area contributed by atoms with Crippen LogP contribution in [0.4, 0.5) is 5.82 Å². The Bertz CT molecular complexity index is 777. The van der Waals surface area contributed by atoms with Crippen molar-refractivity contribution in [1.82, 2.24) is 9.38 Å². The van der Waals surface area contributed by atoms with Gasteiger partial charge in [-0.15, -0.1) is 12.3 Å². The maximum absolute atomic E-state index is 12.1. The fraction of sp³-hybridized carbons (Fsp3) is 0.375. The molecule has 6 nitrogen and oxygen atoms in total. The molecule has 0 unspecified atom stereocenters. The number of carbonyl (C=O) groups excluding carboxylic acids is 1. The third kappa shape index (κ3) is 2.84.